The summed E-state index contributed by atoms with van der Waals surface area (Å²) in [5, 5.41) is 11.9. The fourth-order valence-corrected chi connectivity index (χ4v) is 1.92. The molecule has 0 saturated heterocycles. The van der Waals surface area contributed by atoms with Crippen LogP contribution in [0.4, 0.5) is 16.0 Å². The number of para-hydroxylation sites is 1. The van der Waals surface area contributed by atoms with Gasteiger partial charge in [-0.05, 0) is 30.3 Å². The number of anilines is 2. The topological polar surface area (TPSA) is 70.8 Å². The highest BCUT2D eigenvalue weighted by Gasteiger charge is 2.09. The first-order valence-corrected chi connectivity index (χ1v) is 6.77. The minimum Gasteiger partial charge on any atom is -0.453 e. The molecule has 5 nitrogen and oxygen atoms in total. The van der Waals surface area contributed by atoms with E-state index in [1.807, 2.05) is 6.07 Å². The largest absolute Gasteiger partial charge is 0.453 e. The third kappa shape index (κ3) is 3.41. The lowest BCUT2D eigenvalue weighted by Crippen LogP contribution is -1.97. The number of nitrogens with one attached hydrogen (secondary N) is 1. The van der Waals surface area contributed by atoms with Crippen molar-refractivity contribution in [3.63, 3.8) is 0 Å². The summed E-state index contributed by atoms with van der Waals surface area (Å²) in [4.78, 5) is 8.01. The van der Waals surface area contributed by atoms with Crippen molar-refractivity contribution in [3.05, 3.63) is 72.3 Å². The molecule has 2 aromatic carbocycles. The van der Waals surface area contributed by atoms with Crippen molar-refractivity contribution in [1.82, 2.24) is 9.97 Å². The highest BCUT2D eigenvalue weighted by atomic mass is 19.1. The average Bonchev–Trinajstić information content (AvgIpc) is 2.59. The van der Waals surface area contributed by atoms with Gasteiger partial charge >= 0.3 is 0 Å². The molecule has 1 aromatic heterocycles. The van der Waals surface area contributed by atoms with Gasteiger partial charge < -0.3 is 10.1 Å². The summed E-state index contributed by atoms with van der Waals surface area (Å²) in [6.45, 7) is 0. The molecule has 0 aliphatic heterocycles. The molecule has 1 heterocycles. The van der Waals surface area contributed by atoms with Crippen LogP contribution in [0.25, 0.3) is 0 Å². The van der Waals surface area contributed by atoms with Crippen molar-refractivity contribution in [2.24, 2.45) is 0 Å². The van der Waals surface area contributed by atoms with Gasteiger partial charge in [0.15, 0.2) is 11.6 Å². The lowest BCUT2D eigenvalue weighted by atomic mass is 10.2. The second-order valence-electron chi connectivity index (χ2n) is 4.55. The number of hydrogen-bond acceptors (Lipinski definition) is 5. The summed E-state index contributed by atoms with van der Waals surface area (Å²) < 4.78 is 19.7. The maximum atomic E-state index is 14.2. The fraction of sp³-hybridized carbons (Fsp3) is 0. The van der Waals surface area contributed by atoms with E-state index in [0.29, 0.717) is 22.9 Å². The number of aromatic nitrogens is 2. The van der Waals surface area contributed by atoms with E-state index in [4.69, 9.17) is 10.00 Å². The Balaban J connectivity index is 1.81. The lowest BCUT2D eigenvalue weighted by molar-refractivity contribution is 0.441. The number of nitriles is 1. The summed E-state index contributed by atoms with van der Waals surface area (Å²) in [7, 11) is 0. The third-order valence-electron chi connectivity index (χ3n) is 2.98. The second-order valence-corrected chi connectivity index (χ2v) is 4.55. The molecule has 112 valence electrons. The second kappa shape index (κ2) is 6.54. The molecule has 0 atom stereocenters. The van der Waals surface area contributed by atoms with Crippen LogP contribution in [0.15, 0.2) is 60.9 Å². The summed E-state index contributed by atoms with van der Waals surface area (Å²) in [5.74, 6) is 0.155. The number of nitrogens with zero attached hydrogens (tertiary/aromatic N) is 3. The van der Waals surface area contributed by atoms with E-state index in [9.17, 15) is 4.39 Å². The summed E-state index contributed by atoms with van der Waals surface area (Å²) in [6, 6.07) is 14.8. The van der Waals surface area contributed by atoms with Gasteiger partial charge in [0.2, 0.25) is 5.95 Å². The number of hydrogen-bond donors (Lipinski definition) is 1. The molecule has 6 heteroatoms. The van der Waals surface area contributed by atoms with E-state index in [1.54, 1.807) is 48.8 Å². The van der Waals surface area contributed by atoms with Gasteiger partial charge in [-0.2, -0.15) is 5.26 Å². The molecule has 0 spiro atoms. The Hall–Kier alpha value is -3.46. The molecule has 0 amide bonds. The lowest BCUT2D eigenvalue weighted by Gasteiger charge is -2.10. The highest BCUT2D eigenvalue weighted by Crippen LogP contribution is 2.29. The molecular weight excluding hydrogens is 295 g/mol. The predicted octanol–water partition coefficient (Wildman–Crippen LogP) is 4.02. The van der Waals surface area contributed by atoms with Crippen molar-refractivity contribution in [3.8, 4) is 17.6 Å². The molecule has 0 aliphatic rings. The van der Waals surface area contributed by atoms with Crippen LogP contribution in [0, 0.1) is 17.1 Å². The van der Waals surface area contributed by atoms with E-state index < -0.39 is 5.82 Å². The third-order valence-corrected chi connectivity index (χ3v) is 2.98. The van der Waals surface area contributed by atoms with Gasteiger partial charge in [0, 0.05) is 24.1 Å². The van der Waals surface area contributed by atoms with Gasteiger partial charge in [-0.3, -0.25) is 0 Å². The molecule has 1 N–H and O–H groups in total. The Bertz CT molecular complexity index is 862. The van der Waals surface area contributed by atoms with Crippen LogP contribution in [0.5, 0.6) is 11.5 Å². The monoisotopic (exact) mass is 306 g/mol. The normalized spacial score (nSPS) is 9.91. The van der Waals surface area contributed by atoms with Gasteiger partial charge in [-0.25, -0.2) is 14.4 Å². The molecule has 0 radical (unpaired) electrons. The van der Waals surface area contributed by atoms with E-state index in [1.165, 1.54) is 12.1 Å². The van der Waals surface area contributed by atoms with E-state index in [2.05, 4.69) is 15.3 Å². The summed E-state index contributed by atoms with van der Waals surface area (Å²) in [5.41, 5.74) is 0.835. The van der Waals surface area contributed by atoms with E-state index in [0.717, 1.165) is 0 Å². The molecule has 0 aliphatic carbocycles. The maximum absolute atomic E-state index is 14.2. The van der Waals surface area contributed by atoms with Crippen molar-refractivity contribution in [2.75, 3.05) is 5.32 Å². The standard InChI is InChI=1S/C17H11FN4O/c18-14-10-13(22-17-20-8-3-9-21-17)6-7-16(14)23-15-5-2-1-4-12(15)11-19/h1-10H,(H,20,21,22). The first-order valence-electron chi connectivity index (χ1n) is 6.77. The molecule has 23 heavy (non-hydrogen) atoms. The van der Waals surface area contributed by atoms with Crippen LogP contribution < -0.4 is 10.1 Å². The van der Waals surface area contributed by atoms with Crippen LogP contribution in [0.3, 0.4) is 0 Å². The number of ether oxygens (including phenoxy) is 1. The van der Waals surface area contributed by atoms with Crippen molar-refractivity contribution < 1.29 is 9.13 Å². The Morgan fingerprint density at radius 3 is 2.52 bits per heavy atom. The Morgan fingerprint density at radius 2 is 1.78 bits per heavy atom. The van der Waals surface area contributed by atoms with Crippen molar-refractivity contribution in [2.45, 2.75) is 0 Å². The SMILES string of the molecule is N#Cc1ccccc1Oc1ccc(Nc2ncccn2)cc1F. The van der Waals surface area contributed by atoms with E-state index in [-0.39, 0.29) is 5.75 Å². The van der Waals surface area contributed by atoms with Crippen LogP contribution in [-0.4, -0.2) is 9.97 Å². The maximum Gasteiger partial charge on any atom is 0.227 e. The molecular formula is C17H11FN4O. The zero-order chi connectivity index (χ0) is 16.1. The molecule has 0 saturated carbocycles. The van der Waals surface area contributed by atoms with Crippen LogP contribution in [-0.2, 0) is 0 Å². The molecule has 0 unspecified atom stereocenters. The molecule has 3 aromatic rings. The quantitative estimate of drug-likeness (QED) is 0.788. The zero-order valence-corrected chi connectivity index (χ0v) is 11.9. The Labute approximate surface area is 132 Å². The van der Waals surface area contributed by atoms with E-state index >= 15 is 0 Å². The van der Waals surface area contributed by atoms with Gasteiger partial charge in [0.1, 0.15) is 11.8 Å². The summed E-state index contributed by atoms with van der Waals surface area (Å²) in [6.07, 6.45) is 3.17. The van der Waals surface area contributed by atoms with Crippen LogP contribution >= 0.6 is 0 Å². The van der Waals surface area contributed by atoms with Gasteiger partial charge in [-0.15, -0.1) is 0 Å². The van der Waals surface area contributed by atoms with Gasteiger partial charge in [-0.1, -0.05) is 12.1 Å². The average molecular weight is 306 g/mol. The highest BCUT2D eigenvalue weighted by molar-refractivity contribution is 5.55. The van der Waals surface area contributed by atoms with Crippen molar-refractivity contribution >= 4 is 11.6 Å². The molecule has 0 fully saturated rings. The number of halogens is 1. The molecule has 3 rings (SSSR count). The minimum atomic E-state index is -0.557. The Morgan fingerprint density at radius 1 is 1.00 bits per heavy atom. The fourth-order valence-electron chi connectivity index (χ4n) is 1.92. The van der Waals surface area contributed by atoms with Gasteiger partial charge in [0.05, 0.1) is 5.56 Å². The van der Waals surface area contributed by atoms with Crippen molar-refractivity contribution in [1.29, 1.82) is 5.26 Å². The van der Waals surface area contributed by atoms with Gasteiger partial charge in [0.25, 0.3) is 0 Å². The number of rotatable bonds is 4. The molecule has 0 bridgehead atoms. The number of benzene rings is 2. The van der Waals surface area contributed by atoms with Crippen LogP contribution in [0.2, 0.25) is 0 Å². The van der Waals surface area contributed by atoms with Crippen LogP contribution in [0.1, 0.15) is 5.56 Å². The minimum absolute atomic E-state index is 0.0345. The first-order chi connectivity index (χ1) is 11.3. The smallest absolute Gasteiger partial charge is 0.227 e. The zero-order valence-electron chi connectivity index (χ0n) is 11.9. The first kappa shape index (κ1) is 14.5. The predicted molar refractivity (Wildman–Crippen MR) is 82.9 cm³/mol. The summed E-state index contributed by atoms with van der Waals surface area (Å²) >= 11 is 0. The Kier molecular flexibility index (Phi) is 4.11.